The maximum absolute atomic E-state index is 13.2. The lowest BCUT2D eigenvalue weighted by Gasteiger charge is -2.25. The molecule has 0 bridgehead atoms. The predicted molar refractivity (Wildman–Crippen MR) is 112 cm³/mol. The van der Waals surface area contributed by atoms with Crippen molar-refractivity contribution in [2.45, 2.75) is 20.0 Å². The van der Waals surface area contributed by atoms with Crippen molar-refractivity contribution in [3.8, 4) is 0 Å². The second kappa shape index (κ2) is 7.34. The van der Waals surface area contributed by atoms with Crippen LogP contribution in [-0.4, -0.2) is 10.8 Å². The number of hydrazine groups is 2. The molecular weight excluding hydrogens is 467 g/mol. The number of amidine groups is 1. The lowest BCUT2D eigenvalue weighted by Crippen LogP contribution is -2.44. The molecule has 29 heavy (non-hydrogen) atoms. The molecule has 0 aliphatic carbocycles. The summed E-state index contributed by atoms with van der Waals surface area (Å²) in [6, 6.07) is 12.5. The van der Waals surface area contributed by atoms with Crippen molar-refractivity contribution in [2.75, 3.05) is 10.2 Å². The highest BCUT2D eigenvalue weighted by Crippen LogP contribution is 2.35. The topological polar surface area (TPSA) is 43.8 Å². The number of thiazole rings is 1. The maximum atomic E-state index is 13.2. The van der Waals surface area contributed by atoms with E-state index < -0.39 is 11.7 Å². The fourth-order valence-corrected chi connectivity index (χ4v) is 3.82. The Morgan fingerprint density at radius 1 is 1.07 bits per heavy atom. The van der Waals surface area contributed by atoms with Gasteiger partial charge in [0.05, 0.1) is 16.9 Å². The summed E-state index contributed by atoms with van der Waals surface area (Å²) in [5, 5.41) is 8.05. The molecule has 1 aromatic heterocycles. The van der Waals surface area contributed by atoms with Crippen molar-refractivity contribution < 1.29 is 13.2 Å². The first-order chi connectivity index (χ1) is 13.7. The second-order valence-electron chi connectivity index (χ2n) is 6.35. The minimum Gasteiger partial charge on any atom is -0.256 e. The molecule has 150 valence electrons. The van der Waals surface area contributed by atoms with Gasteiger partial charge in [0.1, 0.15) is 0 Å². The van der Waals surface area contributed by atoms with Crippen molar-refractivity contribution in [3.05, 3.63) is 74.7 Å². The van der Waals surface area contributed by atoms with E-state index in [0.717, 1.165) is 32.7 Å². The van der Waals surface area contributed by atoms with E-state index >= 15 is 0 Å². The summed E-state index contributed by atoms with van der Waals surface area (Å²) >= 11 is 4.82. The molecular formula is C19H15BrF3N5S. The fourth-order valence-electron chi connectivity index (χ4n) is 2.69. The van der Waals surface area contributed by atoms with E-state index in [1.807, 2.05) is 38.1 Å². The molecule has 1 N–H and O–H groups in total. The van der Waals surface area contributed by atoms with Crippen molar-refractivity contribution >= 4 is 43.9 Å². The van der Waals surface area contributed by atoms with Gasteiger partial charge in [-0.3, -0.25) is 5.43 Å². The molecule has 1 aliphatic heterocycles. The number of hydrogen-bond acceptors (Lipinski definition) is 6. The molecule has 0 atom stereocenters. The first kappa shape index (κ1) is 19.7. The minimum absolute atomic E-state index is 0.268. The summed E-state index contributed by atoms with van der Waals surface area (Å²) in [6.45, 7) is 3.83. The second-order valence-corrected chi connectivity index (χ2v) is 8.45. The standard InChI is InChI=1S/C19H15BrF3N5S/c1-11-12(2)29-18(24-11)28-26-17(13-6-8-15(20)9-7-13)25-27(28)16-5-3-4-14(10-16)19(21,22)23/h3-10H,1-2H3,(H,25,26). The van der Waals surface area contributed by atoms with Gasteiger partial charge < -0.3 is 0 Å². The van der Waals surface area contributed by atoms with E-state index in [4.69, 9.17) is 0 Å². The third-order valence-corrected chi connectivity index (χ3v) is 5.89. The maximum Gasteiger partial charge on any atom is 0.416 e. The Labute approximate surface area is 177 Å². The molecule has 2 aromatic carbocycles. The largest absolute Gasteiger partial charge is 0.416 e. The van der Waals surface area contributed by atoms with E-state index in [-0.39, 0.29) is 5.69 Å². The molecule has 0 radical (unpaired) electrons. The summed E-state index contributed by atoms with van der Waals surface area (Å²) in [5.41, 5.74) is 4.32. The summed E-state index contributed by atoms with van der Waals surface area (Å²) in [5.74, 6) is 0.500. The molecule has 0 amide bonds. The lowest BCUT2D eigenvalue weighted by molar-refractivity contribution is -0.137. The predicted octanol–water partition coefficient (Wildman–Crippen LogP) is 5.65. The van der Waals surface area contributed by atoms with E-state index in [2.05, 4.69) is 31.4 Å². The molecule has 3 aromatic rings. The molecule has 5 nitrogen and oxygen atoms in total. The van der Waals surface area contributed by atoms with E-state index in [0.29, 0.717) is 11.0 Å². The number of nitrogens with one attached hydrogen (secondary N) is 1. The van der Waals surface area contributed by atoms with Crippen LogP contribution in [0.2, 0.25) is 0 Å². The third kappa shape index (κ3) is 3.95. The number of alkyl halides is 3. The highest BCUT2D eigenvalue weighted by molar-refractivity contribution is 9.10. The van der Waals surface area contributed by atoms with Gasteiger partial charge in [0, 0.05) is 14.9 Å². The van der Waals surface area contributed by atoms with Crippen LogP contribution in [-0.2, 0) is 6.18 Å². The highest BCUT2D eigenvalue weighted by Gasteiger charge is 2.33. The monoisotopic (exact) mass is 481 g/mol. The zero-order chi connectivity index (χ0) is 20.8. The van der Waals surface area contributed by atoms with Gasteiger partial charge in [-0.15, -0.1) is 15.3 Å². The normalized spacial score (nSPS) is 14.2. The van der Waals surface area contributed by atoms with E-state index in [1.165, 1.54) is 22.5 Å². The SMILES string of the molecule is Cc1nc(N2NC(c3ccc(Br)cc3)=NN2c2cccc(C(F)(F)F)c2)sc1C. The Kier molecular flexibility index (Phi) is 4.99. The van der Waals surface area contributed by atoms with Crippen molar-refractivity contribution in [1.82, 2.24) is 10.4 Å². The lowest BCUT2D eigenvalue weighted by atomic mass is 10.2. The van der Waals surface area contributed by atoms with Crippen LogP contribution >= 0.6 is 27.3 Å². The number of aromatic nitrogens is 1. The van der Waals surface area contributed by atoms with Crippen LogP contribution < -0.4 is 15.7 Å². The van der Waals surface area contributed by atoms with Gasteiger partial charge >= 0.3 is 6.18 Å². The number of hydrazone groups is 1. The molecule has 0 saturated carbocycles. The van der Waals surface area contributed by atoms with Crippen LogP contribution in [0.5, 0.6) is 0 Å². The average Bonchev–Trinajstić information content (AvgIpc) is 3.26. The van der Waals surface area contributed by atoms with Gasteiger partial charge in [-0.25, -0.2) is 4.98 Å². The number of anilines is 2. The fraction of sp³-hybridized carbons (Fsp3) is 0.158. The first-order valence-electron chi connectivity index (χ1n) is 8.55. The van der Waals surface area contributed by atoms with Gasteiger partial charge in [0.15, 0.2) is 5.84 Å². The highest BCUT2D eigenvalue weighted by atomic mass is 79.9. The number of benzene rings is 2. The molecule has 0 saturated heterocycles. The summed E-state index contributed by atoms with van der Waals surface area (Å²) in [6.07, 6.45) is -4.44. The van der Waals surface area contributed by atoms with Crippen LogP contribution in [0.1, 0.15) is 21.7 Å². The molecule has 10 heteroatoms. The van der Waals surface area contributed by atoms with E-state index in [1.54, 1.807) is 11.2 Å². The smallest absolute Gasteiger partial charge is 0.256 e. The van der Waals surface area contributed by atoms with Gasteiger partial charge in [-0.1, -0.05) is 45.5 Å². The Morgan fingerprint density at radius 2 is 1.79 bits per heavy atom. The van der Waals surface area contributed by atoms with Crippen LogP contribution in [0, 0.1) is 13.8 Å². The zero-order valence-electron chi connectivity index (χ0n) is 15.3. The summed E-state index contributed by atoms with van der Waals surface area (Å²) < 4.78 is 40.6. The molecule has 0 spiro atoms. The van der Waals surface area contributed by atoms with Gasteiger partial charge in [0.25, 0.3) is 0 Å². The minimum atomic E-state index is -4.44. The number of hydrogen-bond donors (Lipinski definition) is 1. The van der Waals surface area contributed by atoms with Crippen molar-refractivity contribution in [3.63, 3.8) is 0 Å². The molecule has 1 aliphatic rings. The number of nitrogens with zero attached hydrogens (tertiary/aromatic N) is 4. The van der Waals surface area contributed by atoms with Gasteiger partial charge in [-0.05, 0) is 44.2 Å². The molecule has 2 heterocycles. The molecule has 4 rings (SSSR count). The van der Waals surface area contributed by atoms with Crippen LogP contribution in [0.3, 0.4) is 0 Å². The first-order valence-corrected chi connectivity index (χ1v) is 10.2. The third-order valence-electron chi connectivity index (χ3n) is 4.32. The number of rotatable bonds is 3. The van der Waals surface area contributed by atoms with Crippen LogP contribution in [0.15, 0.2) is 58.1 Å². The zero-order valence-corrected chi connectivity index (χ0v) is 17.7. The Bertz CT molecular complexity index is 1060. The Morgan fingerprint density at radius 3 is 2.41 bits per heavy atom. The summed E-state index contributed by atoms with van der Waals surface area (Å²) in [7, 11) is 0. The van der Waals surface area contributed by atoms with Crippen molar-refractivity contribution in [2.24, 2.45) is 5.10 Å². The van der Waals surface area contributed by atoms with Gasteiger partial charge in [-0.2, -0.15) is 13.2 Å². The quantitative estimate of drug-likeness (QED) is 0.524. The summed E-state index contributed by atoms with van der Waals surface area (Å²) in [4.78, 5) is 5.54. The van der Waals surface area contributed by atoms with Crippen LogP contribution in [0.25, 0.3) is 0 Å². The Hall–Kier alpha value is -2.59. The van der Waals surface area contributed by atoms with Crippen molar-refractivity contribution in [1.29, 1.82) is 0 Å². The molecule has 0 fully saturated rings. The average molecular weight is 482 g/mol. The van der Waals surface area contributed by atoms with E-state index in [9.17, 15) is 13.2 Å². The number of aryl methyl sites for hydroxylation is 2. The van der Waals surface area contributed by atoms with Crippen LogP contribution in [0.4, 0.5) is 24.0 Å². The Balaban J connectivity index is 1.78. The molecule has 0 unspecified atom stereocenters. The number of halogens is 4. The van der Waals surface area contributed by atoms with Gasteiger partial charge in [0.2, 0.25) is 5.13 Å².